The van der Waals surface area contributed by atoms with Crippen molar-refractivity contribution in [2.45, 2.75) is 25.1 Å². The lowest BCUT2D eigenvalue weighted by Gasteiger charge is -2.38. The molecule has 0 spiro atoms. The fraction of sp³-hybridized carbons (Fsp3) is 0.500. The number of hydrogen-bond donors (Lipinski definition) is 0. The van der Waals surface area contributed by atoms with E-state index in [-0.39, 0.29) is 12.8 Å². The predicted octanol–water partition coefficient (Wildman–Crippen LogP) is 3.08. The van der Waals surface area contributed by atoms with Crippen molar-refractivity contribution in [1.29, 1.82) is 0 Å². The van der Waals surface area contributed by atoms with Gasteiger partial charge in [0.05, 0.1) is 11.8 Å². The van der Waals surface area contributed by atoms with Gasteiger partial charge in [0.25, 0.3) is 0 Å². The van der Waals surface area contributed by atoms with Gasteiger partial charge in [-0.3, -0.25) is 0 Å². The summed E-state index contributed by atoms with van der Waals surface area (Å²) in [5.74, 6) is 0.664. The Balaban J connectivity index is 1.79. The van der Waals surface area contributed by atoms with Crippen LogP contribution in [-0.4, -0.2) is 60.8 Å². The second kappa shape index (κ2) is 7.40. The molecule has 148 valence electrons. The number of aromatic nitrogens is 2. The van der Waals surface area contributed by atoms with Crippen LogP contribution < -0.4 is 4.90 Å². The molecule has 6 nitrogen and oxygen atoms in total. The van der Waals surface area contributed by atoms with Crippen LogP contribution in [0.1, 0.15) is 12.8 Å². The second-order valence-electron chi connectivity index (χ2n) is 6.50. The van der Waals surface area contributed by atoms with Gasteiger partial charge >= 0.3 is 6.18 Å². The van der Waals surface area contributed by atoms with Gasteiger partial charge in [0.15, 0.2) is 0 Å². The minimum atomic E-state index is -4.58. The summed E-state index contributed by atoms with van der Waals surface area (Å²) in [7, 11) is -3.96. The first-order valence-electron chi connectivity index (χ1n) is 8.23. The maximum Gasteiger partial charge on any atom is 0.402 e. The minimum Gasteiger partial charge on any atom is -0.356 e. The average Bonchev–Trinajstić information content (AvgIpc) is 2.57. The minimum absolute atomic E-state index is 0.280. The van der Waals surface area contributed by atoms with Gasteiger partial charge in [-0.25, -0.2) is 18.4 Å². The monoisotopic (exact) mass is 422 g/mol. The highest BCUT2D eigenvalue weighted by Gasteiger charge is 2.39. The molecule has 1 saturated heterocycles. The van der Waals surface area contributed by atoms with E-state index in [1.807, 2.05) is 4.90 Å². The fourth-order valence-electron chi connectivity index (χ4n) is 3.33. The van der Waals surface area contributed by atoms with E-state index in [9.17, 15) is 21.6 Å². The van der Waals surface area contributed by atoms with E-state index in [4.69, 9.17) is 11.6 Å². The maximum absolute atomic E-state index is 12.8. The first-order chi connectivity index (χ1) is 12.5. The molecule has 1 fully saturated rings. The molecule has 0 unspecified atom stereocenters. The molecule has 0 saturated carbocycles. The van der Waals surface area contributed by atoms with Crippen molar-refractivity contribution in [2.24, 2.45) is 0 Å². The van der Waals surface area contributed by atoms with Gasteiger partial charge < -0.3 is 4.90 Å². The molecule has 0 aliphatic carbocycles. The van der Waals surface area contributed by atoms with Gasteiger partial charge in [-0.15, -0.1) is 0 Å². The lowest BCUT2D eigenvalue weighted by molar-refractivity contribution is -0.139. The van der Waals surface area contributed by atoms with E-state index in [0.29, 0.717) is 33.8 Å². The predicted molar refractivity (Wildman–Crippen MR) is 97.4 cm³/mol. The number of hydrogen-bond acceptors (Lipinski definition) is 5. The van der Waals surface area contributed by atoms with Crippen molar-refractivity contribution in [3.8, 4) is 0 Å². The largest absolute Gasteiger partial charge is 0.402 e. The first kappa shape index (κ1) is 20.1. The second-order valence-corrected chi connectivity index (χ2v) is 8.87. The summed E-state index contributed by atoms with van der Waals surface area (Å²) in [4.78, 5) is 10.4. The third-order valence-electron chi connectivity index (χ3n) is 4.51. The van der Waals surface area contributed by atoms with Crippen molar-refractivity contribution in [3.63, 3.8) is 0 Å². The van der Waals surface area contributed by atoms with E-state index in [0.717, 1.165) is 11.6 Å². The molecule has 0 atom stereocenters. The third kappa shape index (κ3) is 4.80. The van der Waals surface area contributed by atoms with Crippen LogP contribution in [0.15, 0.2) is 24.5 Å². The lowest BCUT2D eigenvalue weighted by Crippen LogP contribution is -2.50. The zero-order valence-electron chi connectivity index (χ0n) is 14.4. The van der Waals surface area contributed by atoms with Crippen LogP contribution in [0.4, 0.5) is 19.0 Å². The first-order valence-corrected chi connectivity index (χ1v) is 10.5. The molecule has 1 aromatic heterocycles. The Morgan fingerprint density at radius 1 is 1.26 bits per heavy atom. The van der Waals surface area contributed by atoms with Gasteiger partial charge in [0.1, 0.15) is 18.7 Å². The summed E-state index contributed by atoms with van der Waals surface area (Å²) in [5.41, 5.74) is 0.671. The van der Waals surface area contributed by atoms with Gasteiger partial charge in [0, 0.05) is 29.5 Å². The van der Waals surface area contributed by atoms with Crippen molar-refractivity contribution < 1.29 is 21.6 Å². The molecule has 2 heterocycles. The number of rotatable bonds is 4. The summed E-state index contributed by atoms with van der Waals surface area (Å²) in [6, 6.07) is 4.54. The topological polar surface area (TPSA) is 66.4 Å². The Morgan fingerprint density at radius 3 is 2.52 bits per heavy atom. The van der Waals surface area contributed by atoms with E-state index in [1.165, 1.54) is 6.33 Å². The van der Waals surface area contributed by atoms with E-state index in [2.05, 4.69) is 9.97 Å². The number of piperidine rings is 1. The molecule has 1 aromatic carbocycles. The average molecular weight is 423 g/mol. The number of fused-ring (bicyclic) bond motifs is 1. The summed E-state index contributed by atoms with van der Waals surface area (Å²) in [6.45, 7) is -0.683. The van der Waals surface area contributed by atoms with Crippen LogP contribution in [0.25, 0.3) is 10.9 Å². The summed E-state index contributed by atoms with van der Waals surface area (Å²) in [6.07, 6.45) is -1.80. The number of benzene rings is 1. The molecule has 1 aliphatic rings. The molecular formula is C16H18ClF3N4O2S. The molecule has 2 aromatic rings. The highest BCUT2D eigenvalue weighted by Crippen LogP contribution is 2.30. The highest BCUT2D eigenvalue weighted by atomic mass is 35.5. The quantitative estimate of drug-likeness (QED) is 0.757. The van der Waals surface area contributed by atoms with Crippen LogP contribution in [0.2, 0.25) is 5.02 Å². The van der Waals surface area contributed by atoms with Gasteiger partial charge in [-0.05, 0) is 31.0 Å². The molecule has 1 aliphatic heterocycles. The molecular weight excluding hydrogens is 405 g/mol. The third-order valence-corrected chi connectivity index (χ3v) is 6.02. The number of nitrogens with zero attached hydrogens (tertiary/aromatic N) is 4. The van der Waals surface area contributed by atoms with Crippen molar-refractivity contribution >= 4 is 38.3 Å². The molecule has 0 radical (unpaired) electrons. The standard InChI is InChI=1S/C16H18ClF3N4O2S/c1-27(25,26)24(9-16(18,19)20)12-4-6-23(7-5-12)15-13-3-2-11(17)8-14(13)21-10-22-15/h2-3,8,10,12H,4-7,9H2,1H3. The van der Waals surface area contributed by atoms with Gasteiger partial charge in [-0.1, -0.05) is 11.6 Å². The Bertz CT molecular complexity index is 931. The maximum atomic E-state index is 12.8. The molecule has 0 N–H and O–H groups in total. The zero-order valence-corrected chi connectivity index (χ0v) is 16.0. The molecule has 11 heteroatoms. The zero-order chi connectivity index (χ0) is 19.8. The van der Waals surface area contributed by atoms with E-state index in [1.54, 1.807) is 18.2 Å². The summed E-state index contributed by atoms with van der Waals surface area (Å²) < 4.78 is 62.6. The molecule has 0 bridgehead atoms. The SMILES string of the molecule is CS(=O)(=O)N(CC(F)(F)F)C1CCN(c2ncnc3cc(Cl)ccc23)CC1. The Hall–Kier alpha value is -1.65. The molecule has 3 rings (SSSR count). The Labute approximate surface area is 160 Å². The van der Waals surface area contributed by atoms with Crippen LogP contribution in [0.5, 0.6) is 0 Å². The smallest absolute Gasteiger partial charge is 0.356 e. The van der Waals surface area contributed by atoms with Crippen LogP contribution >= 0.6 is 11.6 Å². The molecule has 0 amide bonds. The van der Waals surface area contributed by atoms with Crippen LogP contribution in [0.3, 0.4) is 0 Å². The number of sulfonamides is 1. The number of halogens is 4. The van der Waals surface area contributed by atoms with Crippen LogP contribution in [-0.2, 0) is 10.0 Å². The van der Waals surface area contributed by atoms with E-state index < -0.39 is 28.8 Å². The fourth-order valence-corrected chi connectivity index (χ4v) is 4.63. The lowest BCUT2D eigenvalue weighted by atomic mass is 10.0. The highest BCUT2D eigenvalue weighted by molar-refractivity contribution is 7.88. The summed E-state index contributed by atoms with van der Waals surface area (Å²) >= 11 is 5.98. The van der Waals surface area contributed by atoms with Crippen molar-refractivity contribution in [1.82, 2.24) is 14.3 Å². The van der Waals surface area contributed by atoms with Crippen LogP contribution in [0, 0.1) is 0 Å². The van der Waals surface area contributed by atoms with Gasteiger partial charge in [-0.2, -0.15) is 17.5 Å². The van der Waals surface area contributed by atoms with Gasteiger partial charge in [0.2, 0.25) is 10.0 Å². The normalized spacial score (nSPS) is 17.0. The number of alkyl halides is 3. The number of anilines is 1. The Kier molecular flexibility index (Phi) is 5.51. The Morgan fingerprint density at radius 2 is 1.93 bits per heavy atom. The van der Waals surface area contributed by atoms with Crippen molar-refractivity contribution in [3.05, 3.63) is 29.5 Å². The van der Waals surface area contributed by atoms with E-state index >= 15 is 0 Å². The summed E-state index contributed by atoms with van der Waals surface area (Å²) in [5, 5.41) is 1.33. The molecule has 27 heavy (non-hydrogen) atoms. The van der Waals surface area contributed by atoms with Crippen molar-refractivity contribution in [2.75, 3.05) is 30.8 Å².